The number of hydrogen-bond acceptors (Lipinski definition) is 5. The SMILES string of the molecule is CCN(CCNc1ncc(C(N)=O)c2sccc12)C(C)C. The van der Waals surface area contributed by atoms with E-state index >= 15 is 0 Å². The summed E-state index contributed by atoms with van der Waals surface area (Å²) in [4.78, 5) is 18.1. The van der Waals surface area contributed by atoms with Crippen LogP contribution in [0.15, 0.2) is 17.6 Å². The molecule has 2 heterocycles. The van der Waals surface area contributed by atoms with Crippen molar-refractivity contribution in [2.45, 2.75) is 26.8 Å². The Morgan fingerprint density at radius 2 is 2.29 bits per heavy atom. The third-order valence-electron chi connectivity index (χ3n) is 3.58. The quantitative estimate of drug-likeness (QED) is 0.824. The Labute approximate surface area is 129 Å². The highest BCUT2D eigenvalue weighted by Crippen LogP contribution is 2.29. The summed E-state index contributed by atoms with van der Waals surface area (Å²) < 4.78 is 0.899. The van der Waals surface area contributed by atoms with E-state index in [1.54, 1.807) is 6.20 Å². The number of primary amides is 1. The molecular weight excluding hydrogens is 284 g/mol. The van der Waals surface area contributed by atoms with Crippen LogP contribution in [0.1, 0.15) is 31.1 Å². The van der Waals surface area contributed by atoms with Gasteiger partial charge in [-0.1, -0.05) is 6.92 Å². The molecule has 3 N–H and O–H groups in total. The van der Waals surface area contributed by atoms with Gasteiger partial charge in [0.05, 0.1) is 10.3 Å². The van der Waals surface area contributed by atoms with Crippen molar-refractivity contribution in [3.05, 3.63) is 23.2 Å². The van der Waals surface area contributed by atoms with Crippen LogP contribution in [0.3, 0.4) is 0 Å². The summed E-state index contributed by atoms with van der Waals surface area (Å²) in [6, 6.07) is 2.50. The van der Waals surface area contributed by atoms with Crippen LogP contribution in [0.5, 0.6) is 0 Å². The Kier molecular flexibility index (Phi) is 5.14. The Balaban J connectivity index is 2.11. The summed E-state index contributed by atoms with van der Waals surface area (Å²) in [5.41, 5.74) is 5.87. The van der Waals surface area contributed by atoms with Crippen LogP contribution >= 0.6 is 11.3 Å². The number of carbonyl (C=O) groups is 1. The van der Waals surface area contributed by atoms with E-state index in [-0.39, 0.29) is 0 Å². The fraction of sp³-hybridized carbons (Fsp3) is 0.467. The maximum absolute atomic E-state index is 11.4. The topological polar surface area (TPSA) is 71.2 Å². The maximum Gasteiger partial charge on any atom is 0.251 e. The van der Waals surface area contributed by atoms with Crippen LogP contribution in [0, 0.1) is 0 Å². The first-order chi connectivity index (χ1) is 10.0. The highest BCUT2D eigenvalue weighted by Gasteiger charge is 2.13. The molecule has 5 nitrogen and oxygen atoms in total. The molecule has 2 aromatic rings. The predicted molar refractivity (Wildman–Crippen MR) is 89.0 cm³/mol. The van der Waals surface area contributed by atoms with Gasteiger partial charge in [-0.05, 0) is 31.8 Å². The van der Waals surface area contributed by atoms with E-state index in [4.69, 9.17) is 5.73 Å². The molecule has 0 saturated heterocycles. The minimum atomic E-state index is -0.432. The van der Waals surface area contributed by atoms with Crippen LogP contribution in [0.4, 0.5) is 5.82 Å². The van der Waals surface area contributed by atoms with Crippen molar-refractivity contribution >= 4 is 33.1 Å². The number of nitrogens with one attached hydrogen (secondary N) is 1. The number of pyridine rings is 1. The molecule has 0 fully saturated rings. The lowest BCUT2D eigenvalue weighted by Crippen LogP contribution is -2.34. The number of amides is 1. The second kappa shape index (κ2) is 6.87. The number of nitrogens with two attached hydrogens (primary N) is 1. The molecule has 2 aromatic heterocycles. The third kappa shape index (κ3) is 3.51. The van der Waals surface area contributed by atoms with E-state index in [0.29, 0.717) is 11.6 Å². The highest BCUT2D eigenvalue weighted by atomic mass is 32.1. The van der Waals surface area contributed by atoms with Gasteiger partial charge in [-0.3, -0.25) is 9.69 Å². The smallest absolute Gasteiger partial charge is 0.251 e. The van der Waals surface area contributed by atoms with Crippen LogP contribution < -0.4 is 11.1 Å². The number of thiophene rings is 1. The minimum absolute atomic E-state index is 0.432. The van der Waals surface area contributed by atoms with E-state index in [9.17, 15) is 4.79 Å². The van der Waals surface area contributed by atoms with Crippen molar-refractivity contribution in [3.63, 3.8) is 0 Å². The van der Waals surface area contributed by atoms with Crippen LogP contribution in [-0.4, -0.2) is 41.5 Å². The molecule has 0 atom stereocenters. The molecule has 0 aliphatic heterocycles. The molecule has 0 spiro atoms. The summed E-state index contributed by atoms with van der Waals surface area (Å²) in [7, 11) is 0. The molecule has 0 bridgehead atoms. The molecule has 114 valence electrons. The first-order valence-electron chi connectivity index (χ1n) is 7.18. The van der Waals surface area contributed by atoms with Gasteiger partial charge < -0.3 is 11.1 Å². The Bertz CT molecular complexity index is 623. The van der Waals surface area contributed by atoms with E-state index in [1.165, 1.54) is 11.3 Å². The Morgan fingerprint density at radius 1 is 1.52 bits per heavy atom. The molecule has 1 amide bonds. The van der Waals surface area contributed by atoms with Gasteiger partial charge >= 0.3 is 0 Å². The van der Waals surface area contributed by atoms with Crippen LogP contribution in [0.2, 0.25) is 0 Å². The molecule has 21 heavy (non-hydrogen) atoms. The molecule has 0 aliphatic rings. The van der Waals surface area contributed by atoms with Crippen molar-refractivity contribution in [2.75, 3.05) is 25.0 Å². The van der Waals surface area contributed by atoms with Crippen molar-refractivity contribution in [3.8, 4) is 0 Å². The number of aromatic nitrogens is 1. The predicted octanol–water partition coefficient (Wildman–Crippen LogP) is 2.54. The van der Waals surface area contributed by atoms with E-state index in [0.717, 1.165) is 35.5 Å². The van der Waals surface area contributed by atoms with Crippen molar-refractivity contribution in [1.29, 1.82) is 0 Å². The summed E-state index contributed by atoms with van der Waals surface area (Å²) in [6.07, 6.45) is 1.56. The van der Waals surface area contributed by atoms with Gasteiger partial charge in [0.25, 0.3) is 5.91 Å². The van der Waals surface area contributed by atoms with Crippen LogP contribution in [-0.2, 0) is 0 Å². The highest BCUT2D eigenvalue weighted by molar-refractivity contribution is 7.17. The summed E-state index contributed by atoms with van der Waals surface area (Å²) in [5.74, 6) is 0.384. The van der Waals surface area contributed by atoms with E-state index in [2.05, 4.69) is 36.0 Å². The molecule has 2 rings (SSSR count). The second-order valence-electron chi connectivity index (χ2n) is 5.20. The second-order valence-corrected chi connectivity index (χ2v) is 6.11. The number of carbonyl (C=O) groups excluding carboxylic acids is 1. The zero-order chi connectivity index (χ0) is 15.4. The van der Waals surface area contributed by atoms with Gasteiger partial charge in [0, 0.05) is 30.7 Å². The number of rotatable bonds is 7. The zero-order valence-corrected chi connectivity index (χ0v) is 13.5. The van der Waals surface area contributed by atoms with E-state index in [1.807, 2.05) is 11.4 Å². The van der Waals surface area contributed by atoms with E-state index < -0.39 is 5.91 Å². The largest absolute Gasteiger partial charge is 0.368 e. The van der Waals surface area contributed by atoms with Crippen molar-refractivity contribution < 1.29 is 4.79 Å². The third-order valence-corrected chi connectivity index (χ3v) is 4.53. The summed E-state index contributed by atoms with van der Waals surface area (Å²) >= 11 is 1.51. The summed E-state index contributed by atoms with van der Waals surface area (Å²) in [6.45, 7) is 9.36. The average Bonchev–Trinajstić information content (AvgIpc) is 2.92. The number of nitrogens with zero attached hydrogens (tertiary/aromatic N) is 2. The zero-order valence-electron chi connectivity index (χ0n) is 12.7. The van der Waals surface area contributed by atoms with Gasteiger partial charge in [-0.25, -0.2) is 4.98 Å². The van der Waals surface area contributed by atoms with Gasteiger partial charge in [0.15, 0.2) is 0 Å². The lowest BCUT2D eigenvalue weighted by atomic mass is 10.2. The fourth-order valence-electron chi connectivity index (χ4n) is 2.38. The normalized spacial score (nSPS) is 11.5. The van der Waals surface area contributed by atoms with Crippen molar-refractivity contribution in [1.82, 2.24) is 9.88 Å². The molecule has 0 aromatic carbocycles. The average molecular weight is 306 g/mol. The minimum Gasteiger partial charge on any atom is -0.368 e. The maximum atomic E-state index is 11.4. The van der Waals surface area contributed by atoms with Gasteiger partial charge in [-0.15, -0.1) is 11.3 Å². The number of hydrogen-bond donors (Lipinski definition) is 2. The first-order valence-corrected chi connectivity index (χ1v) is 8.06. The monoisotopic (exact) mass is 306 g/mol. The van der Waals surface area contributed by atoms with Crippen LogP contribution in [0.25, 0.3) is 10.1 Å². The fourth-order valence-corrected chi connectivity index (χ4v) is 3.29. The standard InChI is InChI=1S/C15H22N4OS/c1-4-19(10(2)3)7-6-17-15-11-5-8-21-13(11)12(9-18-15)14(16)20/h5,8-10H,4,6-7H2,1-3H3,(H2,16,20)(H,17,18). The number of anilines is 1. The molecule has 6 heteroatoms. The summed E-state index contributed by atoms with van der Waals surface area (Å²) in [5, 5.41) is 6.28. The van der Waals surface area contributed by atoms with Crippen molar-refractivity contribution in [2.24, 2.45) is 5.73 Å². The number of likely N-dealkylation sites (N-methyl/N-ethyl adjacent to an activating group) is 1. The number of fused-ring (bicyclic) bond motifs is 1. The molecule has 0 unspecified atom stereocenters. The first kappa shape index (κ1) is 15.7. The Hall–Kier alpha value is -1.66. The molecule has 0 aliphatic carbocycles. The molecule has 0 radical (unpaired) electrons. The van der Waals surface area contributed by atoms with Gasteiger partial charge in [0.2, 0.25) is 0 Å². The van der Waals surface area contributed by atoms with Gasteiger partial charge in [-0.2, -0.15) is 0 Å². The lowest BCUT2D eigenvalue weighted by molar-refractivity contribution is 0.100. The van der Waals surface area contributed by atoms with Gasteiger partial charge in [0.1, 0.15) is 5.82 Å². The lowest BCUT2D eigenvalue weighted by Gasteiger charge is -2.24. The molecule has 0 saturated carbocycles. The Morgan fingerprint density at radius 3 is 2.90 bits per heavy atom. The molecular formula is C15H22N4OS.